The van der Waals surface area contributed by atoms with E-state index < -0.39 is 0 Å². The van der Waals surface area contributed by atoms with E-state index in [0.29, 0.717) is 12.1 Å². The Morgan fingerprint density at radius 1 is 1.07 bits per heavy atom. The molecule has 7 heteroatoms. The number of benzene rings is 2. The number of amides is 1. The zero-order valence-electron chi connectivity index (χ0n) is 17.3. The van der Waals surface area contributed by atoms with Gasteiger partial charge in [-0.3, -0.25) is 9.79 Å². The van der Waals surface area contributed by atoms with E-state index in [2.05, 4.69) is 52.1 Å². The lowest BCUT2D eigenvalue weighted by molar-refractivity contribution is 0.0939. The second-order valence-electron chi connectivity index (χ2n) is 6.49. The van der Waals surface area contributed by atoms with E-state index in [1.807, 2.05) is 49.0 Å². The van der Waals surface area contributed by atoms with E-state index in [4.69, 9.17) is 0 Å². The van der Waals surface area contributed by atoms with Crippen molar-refractivity contribution in [2.45, 2.75) is 37.8 Å². The molecule has 2 aromatic rings. The minimum Gasteiger partial charge on any atom is -0.356 e. The molecule has 3 N–H and O–H groups in total. The lowest BCUT2D eigenvalue weighted by atomic mass is 10.1. The minimum absolute atomic E-state index is 0. The summed E-state index contributed by atoms with van der Waals surface area (Å²) in [5, 5.41) is 9.60. The van der Waals surface area contributed by atoms with Crippen molar-refractivity contribution < 1.29 is 4.79 Å². The molecule has 0 spiro atoms. The number of carbonyl (C=O) groups is 1. The number of thioether (sulfide) groups is 1. The summed E-state index contributed by atoms with van der Waals surface area (Å²) in [6, 6.07) is 18.2. The maximum atomic E-state index is 12.1. The van der Waals surface area contributed by atoms with Gasteiger partial charge in [0.25, 0.3) is 5.91 Å². The molecule has 1 atom stereocenters. The van der Waals surface area contributed by atoms with Gasteiger partial charge in [0, 0.05) is 42.4 Å². The Bertz CT molecular complexity index is 753. The summed E-state index contributed by atoms with van der Waals surface area (Å²) in [6.45, 7) is 5.54. The van der Waals surface area contributed by atoms with Gasteiger partial charge in [-0.15, -0.1) is 35.7 Å². The molecule has 0 aliphatic carbocycles. The third-order valence-electron chi connectivity index (χ3n) is 4.30. The second-order valence-corrected chi connectivity index (χ2v) is 7.66. The first-order valence-corrected chi connectivity index (χ1v) is 10.6. The average molecular weight is 526 g/mol. The van der Waals surface area contributed by atoms with Gasteiger partial charge in [-0.05, 0) is 43.2 Å². The van der Waals surface area contributed by atoms with Gasteiger partial charge in [0.15, 0.2) is 5.96 Å². The summed E-state index contributed by atoms with van der Waals surface area (Å²) in [5.74, 6) is 1.71. The van der Waals surface area contributed by atoms with Gasteiger partial charge in [-0.25, -0.2) is 0 Å². The van der Waals surface area contributed by atoms with Crippen LogP contribution in [0.25, 0.3) is 0 Å². The molecule has 5 nitrogen and oxygen atoms in total. The smallest absolute Gasteiger partial charge is 0.251 e. The van der Waals surface area contributed by atoms with Gasteiger partial charge >= 0.3 is 0 Å². The molecule has 1 unspecified atom stereocenters. The molecule has 0 bridgehead atoms. The van der Waals surface area contributed by atoms with Crippen LogP contribution >= 0.6 is 35.7 Å². The first-order valence-electron chi connectivity index (χ1n) is 9.64. The molecule has 0 aromatic heterocycles. The topological polar surface area (TPSA) is 65.5 Å². The maximum absolute atomic E-state index is 12.1. The Balaban J connectivity index is 0.00000420. The maximum Gasteiger partial charge on any atom is 0.251 e. The molecule has 0 radical (unpaired) electrons. The lowest BCUT2D eigenvalue weighted by Gasteiger charge is -2.13. The van der Waals surface area contributed by atoms with Crippen molar-refractivity contribution in [2.24, 2.45) is 4.99 Å². The lowest BCUT2D eigenvalue weighted by Crippen LogP contribution is -2.38. The highest BCUT2D eigenvalue weighted by Crippen LogP contribution is 2.15. The number of halogens is 1. The van der Waals surface area contributed by atoms with E-state index in [1.165, 1.54) is 4.90 Å². The summed E-state index contributed by atoms with van der Waals surface area (Å²) >= 11 is 1.81. The minimum atomic E-state index is -0.0257. The number of hydrogen-bond donors (Lipinski definition) is 3. The molecule has 0 saturated heterocycles. The summed E-state index contributed by atoms with van der Waals surface area (Å²) in [5.41, 5.74) is 1.78. The molecule has 29 heavy (non-hydrogen) atoms. The highest BCUT2D eigenvalue weighted by atomic mass is 127. The first-order chi connectivity index (χ1) is 13.6. The number of aliphatic imine (C=N–C) groups is 1. The second kappa shape index (κ2) is 14.3. The number of nitrogens with one attached hydrogen (secondary N) is 3. The van der Waals surface area contributed by atoms with E-state index in [0.717, 1.165) is 30.2 Å². The van der Waals surface area contributed by atoms with E-state index in [9.17, 15) is 4.79 Å². The van der Waals surface area contributed by atoms with Crippen LogP contribution in [0.1, 0.15) is 36.2 Å². The van der Waals surface area contributed by atoms with Crippen LogP contribution in [0.3, 0.4) is 0 Å². The summed E-state index contributed by atoms with van der Waals surface area (Å²) in [6.07, 6.45) is 0.920. The number of carbonyl (C=O) groups excluding carboxylic acids is 1. The predicted octanol–water partition coefficient (Wildman–Crippen LogP) is 4.29. The van der Waals surface area contributed by atoms with Crippen LogP contribution in [0.4, 0.5) is 0 Å². The summed E-state index contributed by atoms with van der Waals surface area (Å²) < 4.78 is 0. The molecular weight excluding hydrogens is 495 g/mol. The van der Waals surface area contributed by atoms with Crippen molar-refractivity contribution in [3.63, 3.8) is 0 Å². The van der Waals surface area contributed by atoms with Crippen LogP contribution in [0, 0.1) is 0 Å². The summed E-state index contributed by atoms with van der Waals surface area (Å²) in [4.78, 5) is 17.7. The fourth-order valence-electron chi connectivity index (χ4n) is 2.44. The molecular formula is C22H31IN4OS. The van der Waals surface area contributed by atoms with E-state index >= 15 is 0 Å². The third kappa shape index (κ3) is 9.54. The van der Waals surface area contributed by atoms with Crippen LogP contribution in [0.2, 0.25) is 0 Å². The molecule has 0 heterocycles. The molecule has 0 aliphatic rings. The number of nitrogens with zero attached hydrogens (tertiary/aromatic N) is 1. The highest BCUT2D eigenvalue weighted by Gasteiger charge is 2.08. The van der Waals surface area contributed by atoms with Gasteiger partial charge in [-0.1, -0.05) is 37.3 Å². The number of hydrogen-bond acceptors (Lipinski definition) is 3. The average Bonchev–Trinajstić information content (AvgIpc) is 2.74. The number of rotatable bonds is 9. The van der Waals surface area contributed by atoms with Gasteiger partial charge in [0.1, 0.15) is 0 Å². The van der Waals surface area contributed by atoms with Crippen LogP contribution in [0.15, 0.2) is 64.5 Å². The predicted molar refractivity (Wildman–Crippen MR) is 134 cm³/mol. The fraction of sp³-hybridized carbons (Fsp3) is 0.364. The zero-order valence-corrected chi connectivity index (χ0v) is 20.4. The van der Waals surface area contributed by atoms with Crippen LogP contribution in [-0.2, 0) is 6.54 Å². The van der Waals surface area contributed by atoms with Crippen molar-refractivity contribution in [2.75, 3.05) is 19.3 Å². The van der Waals surface area contributed by atoms with Crippen molar-refractivity contribution in [1.82, 2.24) is 16.0 Å². The molecule has 2 rings (SSSR count). The Kier molecular flexibility index (Phi) is 12.5. The largest absolute Gasteiger partial charge is 0.356 e. The molecule has 158 valence electrons. The van der Waals surface area contributed by atoms with Crippen molar-refractivity contribution >= 4 is 47.6 Å². The quantitative estimate of drug-likeness (QED) is 0.150. The van der Waals surface area contributed by atoms with Crippen molar-refractivity contribution in [3.8, 4) is 0 Å². The van der Waals surface area contributed by atoms with Gasteiger partial charge in [0.2, 0.25) is 0 Å². The fourth-order valence-corrected chi connectivity index (χ4v) is 3.23. The van der Waals surface area contributed by atoms with Crippen LogP contribution < -0.4 is 16.0 Å². The Morgan fingerprint density at radius 2 is 1.76 bits per heavy atom. The highest BCUT2D eigenvalue weighted by molar-refractivity contribution is 14.0. The SMILES string of the molecule is CCC(C)NC(=O)c1ccc(CNC(=NC)NCCSc2ccccc2)cc1.I. The van der Waals surface area contributed by atoms with Crippen LogP contribution in [0.5, 0.6) is 0 Å². The Morgan fingerprint density at radius 3 is 2.38 bits per heavy atom. The van der Waals surface area contributed by atoms with Crippen molar-refractivity contribution in [3.05, 3.63) is 65.7 Å². The Hall–Kier alpha value is -1.74. The monoisotopic (exact) mass is 526 g/mol. The van der Waals surface area contributed by atoms with Crippen molar-refractivity contribution in [1.29, 1.82) is 0 Å². The molecule has 2 aromatic carbocycles. The third-order valence-corrected chi connectivity index (χ3v) is 5.31. The standard InChI is InChI=1S/C22H30N4OS.HI/c1-4-17(2)26-21(27)19-12-10-18(11-13-19)16-25-22(23-3)24-14-15-28-20-8-6-5-7-9-20;/h5-13,17H,4,14-16H2,1-3H3,(H,26,27)(H2,23,24,25);1H. The number of guanidine groups is 1. The van der Waals surface area contributed by atoms with Crippen LogP contribution in [-0.4, -0.2) is 37.3 Å². The Labute approximate surface area is 195 Å². The molecule has 0 fully saturated rings. The molecule has 0 saturated carbocycles. The van der Waals surface area contributed by atoms with Gasteiger partial charge < -0.3 is 16.0 Å². The van der Waals surface area contributed by atoms with E-state index in [-0.39, 0.29) is 35.9 Å². The van der Waals surface area contributed by atoms with Gasteiger partial charge in [0.05, 0.1) is 0 Å². The zero-order chi connectivity index (χ0) is 20.2. The normalized spacial score (nSPS) is 11.9. The molecule has 1 amide bonds. The first kappa shape index (κ1) is 25.3. The summed E-state index contributed by atoms with van der Waals surface area (Å²) in [7, 11) is 1.77. The van der Waals surface area contributed by atoms with E-state index in [1.54, 1.807) is 7.05 Å². The molecule has 0 aliphatic heterocycles. The van der Waals surface area contributed by atoms with Gasteiger partial charge in [-0.2, -0.15) is 0 Å².